The van der Waals surface area contributed by atoms with Gasteiger partial charge in [0.25, 0.3) is 0 Å². The number of fused-ring (bicyclic) bond motifs is 1. The summed E-state index contributed by atoms with van der Waals surface area (Å²) in [4.78, 5) is 28.8. The maximum Gasteiger partial charge on any atom is 0.414 e. The van der Waals surface area contributed by atoms with E-state index in [2.05, 4.69) is 11.0 Å². The molecule has 0 saturated carbocycles. The number of carbonyl (C=O) groups is 2. The average molecular weight is 408 g/mol. The summed E-state index contributed by atoms with van der Waals surface area (Å²) < 4.78 is 10.7. The molecule has 0 aliphatic carbocycles. The molecular weight excluding hydrogens is 380 g/mol. The topological polar surface area (TPSA) is 59.1 Å². The summed E-state index contributed by atoms with van der Waals surface area (Å²) in [5.74, 6) is -0.0924. The Labute approximate surface area is 177 Å². The molecular formula is C24H28N2O4. The fourth-order valence-corrected chi connectivity index (χ4v) is 4.32. The molecule has 2 aromatic rings. The van der Waals surface area contributed by atoms with Gasteiger partial charge in [-0.25, -0.2) is 4.79 Å². The van der Waals surface area contributed by atoms with Crippen LogP contribution in [0.1, 0.15) is 30.9 Å². The second-order valence-corrected chi connectivity index (χ2v) is 7.73. The van der Waals surface area contributed by atoms with Crippen molar-refractivity contribution < 1.29 is 19.1 Å². The van der Waals surface area contributed by atoms with Crippen molar-refractivity contribution in [3.63, 3.8) is 0 Å². The second kappa shape index (κ2) is 9.20. The number of esters is 1. The minimum absolute atomic E-state index is 0.0116. The molecule has 0 atom stereocenters. The van der Waals surface area contributed by atoms with Crippen molar-refractivity contribution in [1.29, 1.82) is 0 Å². The molecule has 0 unspecified atom stereocenters. The van der Waals surface area contributed by atoms with Gasteiger partial charge in [-0.1, -0.05) is 36.4 Å². The van der Waals surface area contributed by atoms with E-state index in [1.54, 1.807) is 4.90 Å². The van der Waals surface area contributed by atoms with Crippen LogP contribution < -0.4 is 9.80 Å². The highest BCUT2D eigenvalue weighted by molar-refractivity contribution is 5.92. The molecule has 2 aliphatic heterocycles. The van der Waals surface area contributed by atoms with Gasteiger partial charge in [-0.3, -0.25) is 9.69 Å². The SMILES string of the molecule is CCOC(=O)C1CCN(c2cccc3c2CCN3C(=O)OCc2ccccc2)CC1. The zero-order chi connectivity index (χ0) is 20.9. The first kappa shape index (κ1) is 20.3. The van der Waals surface area contributed by atoms with Gasteiger partial charge in [0.1, 0.15) is 6.61 Å². The first-order chi connectivity index (χ1) is 14.7. The Hall–Kier alpha value is -3.02. The smallest absolute Gasteiger partial charge is 0.414 e. The Balaban J connectivity index is 1.41. The Morgan fingerprint density at radius 1 is 0.933 bits per heavy atom. The first-order valence-electron chi connectivity index (χ1n) is 10.7. The minimum atomic E-state index is -0.309. The zero-order valence-corrected chi connectivity index (χ0v) is 17.4. The fourth-order valence-electron chi connectivity index (χ4n) is 4.32. The van der Waals surface area contributed by atoms with Crippen LogP contribution in [0, 0.1) is 5.92 Å². The van der Waals surface area contributed by atoms with Crippen molar-refractivity contribution in [1.82, 2.24) is 0 Å². The van der Waals surface area contributed by atoms with Gasteiger partial charge >= 0.3 is 12.1 Å². The molecule has 2 heterocycles. The highest BCUT2D eigenvalue weighted by Crippen LogP contribution is 2.37. The van der Waals surface area contributed by atoms with Gasteiger partial charge in [-0.2, -0.15) is 0 Å². The summed E-state index contributed by atoms with van der Waals surface area (Å²) in [5.41, 5.74) is 4.25. The fraction of sp³-hybridized carbons (Fsp3) is 0.417. The highest BCUT2D eigenvalue weighted by atomic mass is 16.6. The van der Waals surface area contributed by atoms with E-state index in [0.717, 1.165) is 49.3 Å². The number of anilines is 2. The number of nitrogens with zero attached hydrogens (tertiary/aromatic N) is 2. The highest BCUT2D eigenvalue weighted by Gasteiger charge is 2.31. The largest absolute Gasteiger partial charge is 0.466 e. The third-order valence-electron chi connectivity index (χ3n) is 5.88. The number of amides is 1. The van der Waals surface area contributed by atoms with Crippen molar-refractivity contribution in [3.8, 4) is 0 Å². The third-order valence-corrected chi connectivity index (χ3v) is 5.88. The van der Waals surface area contributed by atoms with Gasteiger partial charge < -0.3 is 14.4 Å². The average Bonchev–Trinajstić information content (AvgIpc) is 3.23. The zero-order valence-electron chi connectivity index (χ0n) is 17.4. The molecule has 30 heavy (non-hydrogen) atoms. The molecule has 1 fully saturated rings. The maximum atomic E-state index is 12.7. The number of piperidine rings is 1. The number of ether oxygens (including phenoxy) is 2. The standard InChI is InChI=1S/C24H28N2O4/c1-2-29-23(27)19-11-14-25(15-12-19)21-9-6-10-22-20(21)13-16-26(22)24(28)30-17-18-7-4-3-5-8-18/h3-10,19H,2,11-17H2,1H3. The van der Waals surface area contributed by atoms with Crippen LogP contribution in [0.15, 0.2) is 48.5 Å². The molecule has 0 aromatic heterocycles. The summed E-state index contributed by atoms with van der Waals surface area (Å²) >= 11 is 0. The molecule has 1 saturated heterocycles. The predicted octanol–water partition coefficient (Wildman–Crippen LogP) is 4.17. The summed E-state index contributed by atoms with van der Waals surface area (Å²) in [6.45, 7) is 4.81. The Bertz CT molecular complexity index is 891. The lowest BCUT2D eigenvalue weighted by molar-refractivity contribution is -0.148. The lowest BCUT2D eigenvalue weighted by atomic mass is 9.95. The van der Waals surface area contributed by atoms with E-state index in [1.807, 2.05) is 49.4 Å². The van der Waals surface area contributed by atoms with E-state index in [1.165, 1.54) is 5.56 Å². The van der Waals surface area contributed by atoms with Gasteiger partial charge in [0, 0.05) is 30.9 Å². The molecule has 2 aliphatic rings. The summed E-state index contributed by atoms with van der Waals surface area (Å²) in [6.07, 6.45) is 2.09. The van der Waals surface area contributed by atoms with Crippen molar-refractivity contribution in [2.75, 3.05) is 36.0 Å². The quantitative estimate of drug-likeness (QED) is 0.695. The number of hydrogen-bond acceptors (Lipinski definition) is 5. The molecule has 0 radical (unpaired) electrons. The van der Waals surface area contributed by atoms with Gasteiger partial charge in [-0.15, -0.1) is 0 Å². The van der Waals surface area contributed by atoms with Gasteiger partial charge in [0.05, 0.1) is 18.2 Å². The van der Waals surface area contributed by atoms with Crippen LogP contribution in [0.5, 0.6) is 0 Å². The van der Waals surface area contributed by atoms with E-state index in [0.29, 0.717) is 13.2 Å². The third kappa shape index (κ3) is 4.27. The summed E-state index contributed by atoms with van der Waals surface area (Å²) in [6, 6.07) is 15.8. The predicted molar refractivity (Wildman–Crippen MR) is 116 cm³/mol. The van der Waals surface area contributed by atoms with E-state index >= 15 is 0 Å². The van der Waals surface area contributed by atoms with Gasteiger partial charge in [-0.05, 0) is 43.9 Å². The molecule has 2 aromatic carbocycles. The number of carbonyl (C=O) groups excluding carboxylic acids is 2. The second-order valence-electron chi connectivity index (χ2n) is 7.73. The maximum absolute atomic E-state index is 12.7. The minimum Gasteiger partial charge on any atom is -0.466 e. The lowest BCUT2D eigenvalue weighted by Crippen LogP contribution is -2.37. The van der Waals surface area contributed by atoms with Crippen LogP contribution in [-0.4, -0.2) is 38.3 Å². The van der Waals surface area contributed by atoms with Crippen molar-refractivity contribution in [3.05, 3.63) is 59.7 Å². The van der Waals surface area contributed by atoms with E-state index < -0.39 is 0 Å². The Morgan fingerprint density at radius 2 is 1.67 bits per heavy atom. The molecule has 158 valence electrons. The van der Waals surface area contributed by atoms with Crippen LogP contribution in [0.2, 0.25) is 0 Å². The lowest BCUT2D eigenvalue weighted by Gasteiger charge is -2.33. The molecule has 0 bridgehead atoms. The van der Waals surface area contributed by atoms with E-state index in [4.69, 9.17) is 9.47 Å². The van der Waals surface area contributed by atoms with E-state index in [9.17, 15) is 9.59 Å². The molecule has 6 nitrogen and oxygen atoms in total. The number of hydrogen-bond donors (Lipinski definition) is 0. The molecule has 6 heteroatoms. The molecule has 0 spiro atoms. The van der Waals surface area contributed by atoms with Crippen LogP contribution >= 0.6 is 0 Å². The van der Waals surface area contributed by atoms with Gasteiger partial charge in [0.2, 0.25) is 0 Å². The van der Waals surface area contributed by atoms with Crippen LogP contribution in [0.4, 0.5) is 16.2 Å². The molecule has 4 rings (SSSR count). The molecule has 0 N–H and O–H groups in total. The Morgan fingerprint density at radius 3 is 2.40 bits per heavy atom. The van der Waals surface area contributed by atoms with Gasteiger partial charge in [0.15, 0.2) is 0 Å². The van der Waals surface area contributed by atoms with Crippen molar-refractivity contribution in [2.45, 2.75) is 32.8 Å². The number of benzene rings is 2. The first-order valence-corrected chi connectivity index (χ1v) is 10.7. The van der Waals surface area contributed by atoms with Crippen LogP contribution in [-0.2, 0) is 27.3 Å². The summed E-state index contributed by atoms with van der Waals surface area (Å²) in [5, 5.41) is 0. The Kier molecular flexibility index (Phi) is 6.21. The van der Waals surface area contributed by atoms with Crippen LogP contribution in [0.3, 0.4) is 0 Å². The van der Waals surface area contributed by atoms with Crippen LogP contribution in [0.25, 0.3) is 0 Å². The summed E-state index contributed by atoms with van der Waals surface area (Å²) in [7, 11) is 0. The molecule has 1 amide bonds. The monoisotopic (exact) mass is 408 g/mol. The van der Waals surface area contributed by atoms with Crippen molar-refractivity contribution >= 4 is 23.4 Å². The van der Waals surface area contributed by atoms with E-state index in [-0.39, 0.29) is 24.6 Å². The van der Waals surface area contributed by atoms with Crippen molar-refractivity contribution in [2.24, 2.45) is 5.92 Å². The normalized spacial score (nSPS) is 16.3. The number of rotatable bonds is 5.